The van der Waals surface area contributed by atoms with Crippen molar-refractivity contribution in [2.24, 2.45) is 5.73 Å². The minimum absolute atomic E-state index is 0.541. The maximum absolute atomic E-state index is 5.75. The van der Waals surface area contributed by atoms with Crippen LogP contribution in [0.15, 0.2) is 54.7 Å². The second-order valence-electron chi connectivity index (χ2n) is 4.61. The highest BCUT2D eigenvalue weighted by Crippen LogP contribution is 2.20. The number of benzene rings is 2. The van der Waals surface area contributed by atoms with Gasteiger partial charge in [-0.1, -0.05) is 48.5 Å². The number of nitrogens with one attached hydrogen (secondary N) is 1. The second kappa shape index (κ2) is 5.67. The normalized spacial score (nSPS) is 10.7. The topological polar surface area (TPSA) is 63.8 Å². The molecule has 0 bridgehead atoms. The number of anilines is 1. The van der Waals surface area contributed by atoms with E-state index in [9.17, 15) is 0 Å². The first-order valence-electron chi connectivity index (χ1n) is 6.59. The molecular weight excluding hydrogens is 248 g/mol. The van der Waals surface area contributed by atoms with Gasteiger partial charge in [0, 0.05) is 23.9 Å². The van der Waals surface area contributed by atoms with Gasteiger partial charge >= 0.3 is 0 Å². The molecule has 0 spiro atoms. The van der Waals surface area contributed by atoms with Crippen molar-refractivity contribution < 1.29 is 0 Å². The quantitative estimate of drug-likeness (QED) is 0.760. The minimum atomic E-state index is 0.541. The predicted molar refractivity (Wildman–Crippen MR) is 81.2 cm³/mol. The SMILES string of the molecule is NCc1ccccc1CNc1nncc2ccccc12. The van der Waals surface area contributed by atoms with Gasteiger partial charge in [0.2, 0.25) is 0 Å². The number of rotatable bonds is 4. The second-order valence-corrected chi connectivity index (χ2v) is 4.61. The molecule has 4 heteroatoms. The highest BCUT2D eigenvalue weighted by Gasteiger charge is 2.04. The lowest BCUT2D eigenvalue weighted by Crippen LogP contribution is -2.07. The van der Waals surface area contributed by atoms with Gasteiger partial charge in [-0.2, -0.15) is 5.10 Å². The van der Waals surface area contributed by atoms with E-state index in [0.717, 1.165) is 22.2 Å². The number of hydrogen-bond acceptors (Lipinski definition) is 4. The number of nitrogens with two attached hydrogens (primary N) is 1. The molecule has 3 rings (SSSR count). The molecule has 20 heavy (non-hydrogen) atoms. The van der Waals surface area contributed by atoms with E-state index in [1.807, 2.05) is 42.5 Å². The summed E-state index contributed by atoms with van der Waals surface area (Å²) in [5.41, 5.74) is 8.09. The van der Waals surface area contributed by atoms with Gasteiger partial charge in [0.15, 0.2) is 5.82 Å². The first kappa shape index (κ1) is 12.6. The van der Waals surface area contributed by atoms with Crippen LogP contribution < -0.4 is 11.1 Å². The molecule has 0 atom stereocenters. The van der Waals surface area contributed by atoms with Gasteiger partial charge in [-0.25, -0.2) is 0 Å². The molecule has 0 unspecified atom stereocenters. The van der Waals surface area contributed by atoms with Crippen molar-refractivity contribution in [3.63, 3.8) is 0 Å². The maximum atomic E-state index is 5.75. The largest absolute Gasteiger partial charge is 0.364 e. The molecule has 1 heterocycles. The van der Waals surface area contributed by atoms with Crippen molar-refractivity contribution in [3.8, 4) is 0 Å². The Kier molecular flexibility index (Phi) is 3.56. The third-order valence-electron chi connectivity index (χ3n) is 3.36. The summed E-state index contributed by atoms with van der Waals surface area (Å²) in [7, 11) is 0. The van der Waals surface area contributed by atoms with Crippen LogP contribution in [-0.4, -0.2) is 10.2 Å². The van der Waals surface area contributed by atoms with Crippen LogP contribution in [0.4, 0.5) is 5.82 Å². The molecule has 2 aromatic carbocycles. The molecule has 4 nitrogen and oxygen atoms in total. The fourth-order valence-electron chi connectivity index (χ4n) is 2.27. The Hall–Kier alpha value is -2.46. The van der Waals surface area contributed by atoms with Crippen molar-refractivity contribution in [2.75, 3.05) is 5.32 Å². The number of hydrogen-bond donors (Lipinski definition) is 2. The summed E-state index contributed by atoms with van der Waals surface area (Å²) in [5, 5.41) is 13.7. The zero-order chi connectivity index (χ0) is 13.8. The molecule has 0 radical (unpaired) electrons. The molecule has 0 aliphatic rings. The zero-order valence-electron chi connectivity index (χ0n) is 11.1. The Bertz CT molecular complexity index is 719. The van der Waals surface area contributed by atoms with E-state index in [0.29, 0.717) is 13.1 Å². The monoisotopic (exact) mass is 264 g/mol. The van der Waals surface area contributed by atoms with Crippen molar-refractivity contribution in [1.29, 1.82) is 0 Å². The average molecular weight is 264 g/mol. The first-order chi connectivity index (χ1) is 9.88. The number of aromatic nitrogens is 2. The van der Waals surface area contributed by atoms with Gasteiger partial charge in [0.05, 0.1) is 6.20 Å². The number of fused-ring (bicyclic) bond motifs is 1. The third-order valence-corrected chi connectivity index (χ3v) is 3.36. The zero-order valence-corrected chi connectivity index (χ0v) is 11.1. The summed E-state index contributed by atoms with van der Waals surface area (Å²) in [6.45, 7) is 1.23. The van der Waals surface area contributed by atoms with Crippen molar-refractivity contribution in [3.05, 3.63) is 65.9 Å². The third kappa shape index (κ3) is 2.46. The molecule has 0 saturated heterocycles. The van der Waals surface area contributed by atoms with Gasteiger partial charge < -0.3 is 11.1 Å². The Balaban J connectivity index is 1.87. The Morgan fingerprint density at radius 3 is 2.55 bits per heavy atom. The minimum Gasteiger partial charge on any atom is -0.364 e. The first-order valence-corrected chi connectivity index (χ1v) is 6.59. The van der Waals surface area contributed by atoms with Gasteiger partial charge in [-0.15, -0.1) is 5.10 Å². The molecule has 100 valence electrons. The number of nitrogens with zero attached hydrogens (tertiary/aromatic N) is 2. The lowest BCUT2D eigenvalue weighted by Gasteiger charge is -2.10. The smallest absolute Gasteiger partial charge is 0.156 e. The molecule has 0 saturated carbocycles. The molecule has 3 aromatic rings. The van der Waals surface area contributed by atoms with Crippen molar-refractivity contribution in [2.45, 2.75) is 13.1 Å². The Morgan fingerprint density at radius 1 is 0.950 bits per heavy atom. The summed E-state index contributed by atoms with van der Waals surface area (Å²) in [4.78, 5) is 0. The van der Waals surface area contributed by atoms with Crippen LogP contribution in [0.3, 0.4) is 0 Å². The predicted octanol–water partition coefficient (Wildman–Crippen LogP) is 2.70. The van der Waals surface area contributed by atoms with E-state index in [4.69, 9.17) is 5.73 Å². The molecule has 0 aliphatic carbocycles. The lowest BCUT2D eigenvalue weighted by atomic mass is 10.1. The Morgan fingerprint density at radius 2 is 1.70 bits per heavy atom. The standard InChI is InChI=1S/C16H16N4/c17-9-12-5-1-2-6-13(12)10-18-16-15-8-4-3-7-14(15)11-19-20-16/h1-8,11H,9-10,17H2,(H,18,20). The van der Waals surface area contributed by atoms with Crippen LogP contribution >= 0.6 is 0 Å². The molecular formula is C16H16N4. The fourth-order valence-corrected chi connectivity index (χ4v) is 2.27. The van der Waals surface area contributed by atoms with Crippen LogP contribution in [0.2, 0.25) is 0 Å². The van der Waals surface area contributed by atoms with Crippen LogP contribution in [0.1, 0.15) is 11.1 Å². The highest BCUT2D eigenvalue weighted by atomic mass is 15.2. The fraction of sp³-hybridized carbons (Fsp3) is 0.125. The van der Waals surface area contributed by atoms with Gasteiger partial charge in [-0.3, -0.25) is 0 Å². The average Bonchev–Trinajstić information content (AvgIpc) is 2.53. The van der Waals surface area contributed by atoms with E-state index in [1.165, 1.54) is 5.56 Å². The summed E-state index contributed by atoms with van der Waals surface area (Å²) in [6.07, 6.45) is 1.77. The van der Waals surface area contributed by atoms with Gasteiger partial charge in [-0.05, 0) is 11.1 Å². The van der Waals surface area contributed by atoms with E-state index >= 15 is 0 Å². The summed E-state index contributed by atoms with van der Waals surface area (Å²) in [5.74, 6) is 0.801. The van der Waals surface area contributed by atoms with E-state index in [2.05, 4.69) is 21.6 Å². The highest BCUT2D eigenvalue weighted by molar-refractivity contribution is 5.90. The molecule has 0 fully saturated rings. The van der Waals surface area contributed by atoms with Crippen LogP contribution in [0, 0.1) is 0 Å². The summed E-state index contributed by atoms with van der Waals surface area (Å²) in [6, 6.07) is 16.2. The summed E-state index contributed by atoms with van der Waals surface area (Å²) < 4.78 is 0. The van der Waals surface area contributed by atoms with E-state index < -0.39 is 0 Å². The molecule has 3 N–H and O–H groups in total. The van der Waals surface area contributed by atoms with Crippen LogP contribution in [0.5, 0.6) is 0 Å². The molecule has 0 amide bonds. The van der Waals surface area contributed by atoms with Crippen molar-refractivity contribution in [1.82, 2.24) is 10.2 Å². The van der Waals surface area contributed by atoms with E-state index in [-0.39, 0.29) is 0 Å². The molecule has 0 aliphatic heterocycles. The Labute approximate surface area is 117 Å². The van der Waals surface area contributed by atoms with Gasteiger partial charge in [0.25, 0.3) is 0 Å². The molecule has 1 aromatic heterocycles. The summed E-state index contributed by atoms with van der Waals surface area (Å²) >= 11 is 0. The van der Waals surface area contributed by atoms with Gasteiger partial charge in [0.1, 0.15) is 0 Å². The lowest BCUT2D eigenvalue weighted by molar-refractivity contribution is 0.983. The van der Waals surface area contributed by atoms with Crippen LogP contribution in [0.25, 0.3) is 10.8 Å². The van der Waals surface area contributed by atoms with Crippen molar-refractivity contribution >= 4 is 16.6 Å². The van der Waals surface area contributed by atoms with E-state index in [1.54, 1.807) is 6.20 Å². The van der Waals surface area contributed by atoms with Crippen LogP contribution in [-0.2, 0) is 13.1 Å². The maximum Gasteiger partial charge on any atom is 0.156 e.